The Morgan fingerprint density at radius 2 is 2.10 bits per heavy atom. The van der Waals surface area contributed by atoms with Crippen molar-refractivity contribution in [3.8, 4) is 0 Å². The number of rotatable bonds is 8. The van der Waals surface area contributed by atoms with Crippen molar-refractivity contribution in [3.63, 3.8) is 0 Å². The normalized spacial score (nSPS) is 10.8. The highest BCUT2D eigenvalue weighted by molar-refractivity contribution is 6.30. The number of nitrogens with zero attached hydrogens (tertiary/aromatic N) is 1. The van der Waals surface area contributed by atoms with Crippen LogP contribution in [0, 0.1) is 5.82 Å². The number of halogens is 2. The molecule has 0 aromatic heterocycles. The number of hydrogen-bond donors (Lipinski definition) is 0. The number of carbonyl (C=O) groups excluding carboxylic acids is 1. The summed E-state index contributed by atoms with van der Waals surface area (Å²) in [5, 5.41) is 0.365. The lowest BCUT2D eigenvalue weighted by atomic mass is 10.2. The number of ether oxygens (including phenoxy) is 2. The van der Waals surface area contributed by atoms with Gasteiger partial charge in [0.15, 0.2) is 0 Å². The first-order valence-electron chi connectivity index (χ1n) is 6.29. The monoisotopic (exact) mass is 303 g/mol. The molecule has 1 aromatic rings. The average molecular weight is 304 g/mol. The first-order chi connectivity index (χ1) is 9.56. The highest BCUT2D eigenvalue weighted by Crippen LogP contribution is 2.16. The van der Waals surface area contributed by atoms with E-state index < -0.39 is 0 Å². The van der Waals surface area contributed by atoms with Gasteiger partial charge in [-0.1, -0.05) is 17.7 Å². The van der Waals surface area contributed by atoms with Gasteiger partial charge in [-0.15, -0.1) is 0 Å². The van der Waals surface area contributed by atoms with Gasteiger partial charge in [0.25, 0.3) is 0 Å². The fourth-order valence-electron chi connectivity index (χ4n) is 1.73. The van der Waals surface area contributed by atoms with E-state index in [-0.39, 0.29) is 18.2 Å². The van der Waals surface area contributed by atoms with E-state index in [1.54, 1.807) is 19.2 Å². The number of carbonyl (C=O) groups is 1. The minimum Gasteiger partial charge on any atom is -0.469 e. The van der Waals surface area contributed by atoms with Gasteiger partial charge in [0, 0.05) is 37.3 Å². The van der Waals surface area contributed by atoms with Crippen LogP contribution in [-0.4, -0.2) is 44.8 Å². The Morgan fingerprint density at radius 1 is 1.35 bits per heavy atom. The Balaban J connectivity index is 2.65. The zero-order chi connectivity index (χ0) is 15.0. The molecule has 6 heteroatoms. The van der Waals surface area contributed by atoms with Crippen molar-refractivity contribution in [1.29, 1.82) is 0 Å². The van der Waals surface area contributed by atoms with Crippen molar-refractivity contribution in [2.24, 2.45) is 0 Å². The first-order valence-corrected chi connectivity index (χ1v) is 6.66. The van der Waals surface area contributed by atoms with Gasteiger partial charge in [-0.25, -0.2) is 4.39 Å². The van der Waals surface area contributed by atoms with Crippen molar-refractivity contribution in [2.75, 3.05) is 33.9 Å². The summed E-state index contributed by atoms with van der Waals surface area (Å²) in [5.41, 5.74) is 0.537. The second kappa shape index (κ2) is 8.89. The molecule has 0 aliphatic rings. The Morgan fingerprint density at radius 3 is 2.70 bits per heavy atom. The highest BCUT2D eigenvalue weighted by atomic mass is 35.5. The molecule has 4 nitrogen and oxygen atoms in total. The molecule has 0 radical (unpaired) electrons. The lowest BCUT2D eigenvalue weighted by molar-refractivity contribution is -0.141. The molecule has 20 heavy (non-hydrogen) atoms. The van der Waals surface area contributed by atoms with Crippen molar-refractivity contribution >= 4 is 17.6 Å². The molecule has 0 heterocycles. The topological polar surface area (TPSA) is 38.8 Å². The maximum atomic E-state index is 13.8. The van der Waals surface area contributed by atoms with Gasteiger partial charge in [0.1, 0.15) is 5.82 Å². The van der Waals surface area contributed by atoms with Crippen molar-refractivity contribution in [1.82, 2.24) is 4.90 Å². The van der Waals surface area contributed by atoms with Gasteiger partial charge in [-0.05, 0) is 12.1 Å². The third-order valence-electron chi connectivity index (χ3n) is 2.88. The summed E-state index contributed by atoms with van der Waals surface area (Å²) in [6.45, 7) is 1.99. The smallest absolute Gasteiger partial charge is 0.306 e. The maximum absolute atomic E-state index is 13.8. The molecule has 0 saturated heterocycles. The van der Waals surface area contributed by atoms with Crippen LogP contribution in [0.1, 0.15) is 12.0 Å². The molecule has 1 rings (SSSR count). The minimum absolute atomic E-state index is 0.259. The molecule has 0 fully saturated rings. The SMILES string of the molecule is COCCN(CCC(=O)OC)Cc1ccc(Cl)cc1F. The largest absolute Gasteiger partial charge is 0.469 e. The van der Waals surface area contributed by atoms with Crippen molar-refractivity contribution in [3.05, 3.63) is 34.6 Å². The van der Waals surface area contributed by atoms with Gasteiger partial charge in [0.2, 0.25) is 0 Å². The minimum atomic E-state index is -0.349. The molecule has 112 valence electrons. The van der Waals surface area contributed by atoms with E-state index >= 15 is 0 Å². The molecule has 1 aromatic carbocycles. The fourth-order valence-corrected chi connectivity index (χ4v) is 1.89. The standard InChI is InChI=1S/C14H19ClFNO3/c1-19-8-7-17(6-5-14(18)20-2)10-11-3-4-12(15)9-13(11)16/h3-4,9H,5-8,10H2,1-2H3. The summed E-state index contributed by atoms with van der Waals surface area (Å²) in [6.07, 6.45) is 0.259. The van der Waals surface area contributed by atoms with E-state index in [0.29, 0.717) is 36.8 Å². The lowest BCUT2D eigenvalue weighted by Crippen LogP contribution is -2.30. The van der Waals surface area contributed by atoms with E-state index in [0.717, 1.165) is 0 Å². The van der Waals surface area contributed by atoms with Crippen molar-refractivity contribution in [2.45, 2.75) is 13.0 Å². The van der Waals surface area contributed by atoms with Crippen LogP contribution in [-0.2, 0) is 20.8 Å². The Kier molecular flexibility index (Phi) is 7.51. The van der Waals surface area contributed by atoms with E-state index in [4.69, 9.17) is 16.3 Å². The molecule has 0 atom stereocenters. The van der Waals surface area contributed by atoms with Gasteiger partial charge in [0.05, 0.1) is 20.1 Å². The van der Waals surface area contributed by atoms with Gasteiger partial charge in [-0.3, -0.25) is 9.69 Å². The Labute approximate surface area is 123 Å². The average Bonchev–Trinajstić information content (AvgIpc) is 2.43. The first kappa shape index (κ1) is 16.9. The van der Waals surface area contributed by atoms with Crippen LogP contribution >= 0.6 is 11.6 Å². The van der Waals surface area contributed by atoms with E-state index in [9.17, 15) is 9.18 Å². The summed E-state index contributed by atoms with van der Waals surface area (Å²) >= 11 is 5.72. The molecule has 0 spiro atoms. The third kappa shape index (κ3) is 5.86. The molecule has 0 aliphatic heterocycles. The number of esters is 1. The lowest BCUT2D eigenvalue weighted by Gasteiger charge is -2.21. The second-order valence-electron chi connectivity index (χ2n) is 4.33. The van der Waals surface area contributed by atoms with Gasteiger partial charge in [-0.2, -0.15) is 0 Å². The van der Waals surface area contributed by atoms with Crippen LogP contribution < -0.4 is 0 Å². The summed E-state index contributed by atoms with van der Waals surface area (Å²) in [6, 6.07) is 4.58. The molecular formula is C14H19ClFNO3. The quantitative estimate of drug-likeness (QED) is 0.692. The summed E-state index contributed by atoms with van der Waals surface area (Å²) < 4.78 is 23.4. The van der Waals surface area contributed by atoms with Crippen LogP contribution in [0.5, 0.6) is 0 Å². The molecule has 0 saturated carbocycles. The Bertz CT molecular complexity index is 442. The molecule has 0 unspecified atom stereocenters. The zero-order valence-corrected chi connectivity index (χ0v) is 12.5. The Hall–Kier alpha value is -1.17. The fraction of sp³-hybridized carbons (Fsp3) is 0.500. The van der Waals surface area contributed by atoms with Crippen LogP contribution in [0.2, 0.25) is 5.02 Å². The highest BCUT2D eigenvalue weighted by Gasteiger charge is 2.12. The summed E-state index contributed by atoms with van der Waals surface area (Å²) in [4.78, 5) is 13.1. The van der Waals surface area contributed by atoms with E-state index in [1.807, 2.05) is 4.90 Å². The predicted octanol–water partition coefficient (Wildman–Crippen LogP) is 2.49. The van der Waals surface area contributed by atoms with E-state index in [2.05, 4.69) is 4.74 Å². The molecule has 0 aliphatic carbocycles. The van der Waals surface area contributed by atoms with Crippen LogP contribution in [0.3, 0.4) is 0 Å². The van der Waals surface area contributed by atoms with Gasteiger partial charge < -0.3 is 9.47 Å². The number of hydrogen-bond acceptors (Lipinski definition) is 4. The van der Waals surface area contributed by atoms with Crippen LogP contribution in [0.4, 0.5) is 4.39 Å². The van der Waals surface area contributed by atoms with Crippen LogP contribution in [0.15, 0.2) is 18.2 Å². The van der Waals surface area contributed by atoms with Gasteiger partial charge >= 0.3 is 5.97 Å². The molecule has 0 bridgehead atoms. The predicted molar refractivity (Wildman–Crippen MR) is 75.2 cm³/mol. The molecule has 0 N–H and O–H groups in total. The second-order valence-corrected chi connectivity index (χ2v) is 4.77. The van der Waals surface area contributed by atoms with Crippen molar-refractivity contribution < 1.29 is 18.7 Å². The summed E-state index contributed by atoms with van der Waals surface area (Å²) in [7, 11) is 2.95. The third-order valence-corrected chi connectivity index (χ3v) is 3.12. The maximum Gasteiger partial charge on any atom is 0.306 e. The van der Waals surface area contributed by atoms with E-state index in [1.165, 1.54) is 13.2 Å². The zero-order valence-electron chi connectivity index (χ0n) is 11.7. The molecule has 0 amide bonds. The van der Waals surface area contributed by atoms with Crippen LogP contribution in [0.25, 0.3) is 0 Å². The number of benzene rings is 1. The number of methoxy groups -OCH3 is 2. The summed E-state index contributed by atoms with van der Waals surface area (Å²) in [5.74, 6) is -0.637. The molecular weight excluding hydrogens is 285 g/mol.